The van der Waals surface area contributed by atoms with Gasteiger partial charge in [0.2, 0.25) is 10.0 Å². The van der Waals surface area contributed by atoms with Crippen LogP contribution in [0.15, 0.2) is 83.8 Å². The number of carbonyl (C=O) groups excluding carboxylic acids is 1. The molecule has 0 spiro atoms. The van der Waals surface area contributed by atoms with Gasteiger partial charge in [-0.05, 0) is 49.2 Å². The zero-order valence-electron chi connectivity index (χ0n) is 17.5. The zero-order chi connectivity index (χ0) is 22.3. The highest BCUT2D eigenvalue weighted by Crippen LogP contribution is 2.19. The van der Waals surface area contributed by atoms with Gasteiger partial charge < -0.3 is 10.1 Å². The molecular formula is C24H26N2O4S. The summed E-state index contributed by atoms with van der Waals surface area (Å²) >= 11 is 0. The van der Waals surface area contributed by atoms with E-state index >= 15 is 0 Å². The van der Waals surface area contributed by atoms with Gasteiger partial charge in [-0.2, -0.15) is 0 Å². The van der Waals surface area contributed by atoms with Crippen LogP contribution in [0.3, 0.4) is 0 Å². The SMILES string of the molecule is Cc1ccc(CNC(=O)COc2ccc(S(=O)(=O)N[C@@H](C)c3ccccc3)cc2)cc1. The van der Waals surface area contributed by atoms with Crippen LogP contribution in [0.5, 0.6) is 5.75 Å². The van der Waals surface area contributed by atoms with Gasteiger partial charge >= 0.3 is 0 Å². The smallest absolute Gasteiger partial charge is 0.258 e. The molecule has 0 aromatic heterocycles. The molecule has 1 atom stereocenters. The first-order valence-corrected chi connectivity index (χ1v) is 11.4. The van der Waals surface area contributed by atoms with E-state index in [2.05, 4.69) is 10.0 Å². The van der Waals surface area contributed by atoms with E-state index in [4.69, 9.17) is 4.74 Å². The van der Waals surface area contributed by atoms with Crippen molar-refractivity contribution in [1.82, 2.24) is 10.0 Å². The molecular weight excluding hydrogens is 412 g/mol. The average molecular weight is 439 g/mol. The van der Waals surface area contributed by atoms with E-state index in [1.807, 2.05) is 61.5 Å². The van der Waals surface area contributed by atoms with Crippen molar-refractivity contribution in [1.29, 1.82) is 0 Å². The molecule has 162 valence electrons. The van der Waals surface area contributed by atoms with Gasteiger partial charge in [0.25, 0.3) is 5.91 Å². The summed E-state index contributed by atoms with van der Waals surface area (Å²) < 4.78 is 33.4. The maximum absolute atomic E-state index is 12.6. The van der Waals surface area contributed by atoms with Crippen LogP contribution < -0.4 is 14.8 Å². The Morgan fingerprint density at radius 2 is 1.58 bits per heavy atom. The summed E-state index contributed by atoms with van der Waals surface area (Å²) in [5.41, 5.74) is 3.04. The molecule has 0 fully saturated rings. The number of hydrogen-bond donors (Lipinski definition) is 2. The molecule has 0 saturated heterocycles. The molecule has 0 saturated carbocycles. The van der Waals surface area contributed by atoms with E-state index in [1.54, 1.807) is 6.92 Å². The second kappa shape index (κ2) is 10.2. The third kappa shape index (κ3) is 6.67. The van der Waals surface area contributed by atoms with E-state index in [1.165, 1.54) is 24.3 Å². The lowest BCUT2D eigenvalue weighted by molar-refractivity contribution is -0.123. The lowest BCUT2D eigenvalue weighted by Gasteiger charge is -2.15. The molecule has 0 aliphatic carbocycles. The summed E-state index contributed by atoms with van der Waals surface area (Å²) in [4.78, 5) is 12.1. The number of amides is 1. The number of sulfonamides is 1. The van der Waals surface area contributed by atoms with Gasteiger partial charge in [-0.25, -0.2) is 13.1 Å². The first kappa shape index (κ1) is 22.5. The van der Waals surface area contributed by atoms with Crippen LogP contribution in [0, 0.1) is 6.92 Å². The van der Waals surface area contributed by atoms with E-state index in [9.17, 15) is 13.2 Å². The molecule has 2 N–H and O–H groups in total. The number of nitrogens with one attached hydrogen (secondary N) is 2. The summed E-state index contributed by atoms with van der Waals surface area (Å²) in [7, 11) is -3.68. The highest BCUT2D eigenvalue weighted by molar-refractivity contribution is 7.89. The van der Waals surface area contributed by atoms with Crippen molar-refractivity contribution in [3.8, 4) is 5.75 Å². The van der Waals surface area contributed by atoms with E-state index < -0.39 is 10.0 Å². The molecule has 0 aliphatic rings. The van der Waals surface area contributed by atoms with Gasteiger partial charge in [0.15, 0.2) is 6.61 Å². The third-order valence-electron chi connectivity index (χ3n) is 4.75. The van der Waals surface area contributed by atoms with Gasteiger partial charge in [-0.1, -0.05) is 60.2 Å². The van der Waals surface area contributed by atoms with E-state index in [-0.39, 0.29) is 23.5 Å². The Hall–Kier alpha value is -3.16. The fourth-order valence-electron chi connectivity index (χ4n) is 2.93. The van der Waals surface area contributed by atoms with Crippen molar-refractivity contribution in [2.24, 2.45) is 0 Å². The fourth-order valence-corrected chi connectivity index (χ4v) is 4.16. The molecule has 0 aliphatic heterocycles. The number of aryl methyl sites for hydroxylation is 1. The van der Waals surface area contributed by atoms with Gasteiger partial charge in [-0.15, -0.1) is 0 Å². The van der Waals surface area contributed by atoms with E-state index in [0.717, 1.165) is 16.7 Å². The predicted molar refractivity (Wildman–Crippen MR) is 120 cm³/mol. The highest BCUT2D eigenvalue weighted by Gasteiger charge is 2.18. The Morgan fingerprint density at radius 3 is 2.23 bits per heavy atom. The first-order valence-electron chi connectivity index (χ1n) is 9.96. The molecule has 0 radical (unpaired) electrons. The quantitative estimate of drug-likeness (QED) is 0.533. The van der Waals surface area contributed by atoms with Crippen LogP contribution in [0.1, 0.15) is 29.7 Å². The van der Waals surface area contributed by atoms with Crippen molar-refractivity contribution < 1.29 is 17.9 Å². The Labute approximate surface area is 183 Å². The van der Waals surface area contributed by atoms with Crippen LogP contribution in [0.2, 0.25) is 0 Å². The Balaban J connectivity index is 1.51. The second-order valence-corrected chi connectivity index (χ2v) is 8.99. The highest BCUT2D eigenvalue weighted by atomic mass is 32.2. The Morgan fingerprint density at radius 1 is 0.935 bits per heavy atom. The lowest BCUT2D eigenvalue weighted by Crippen LogP contribution is -2.28. The predicted octanol–water partition coefficient (Wildman–Crippen LogP) is 3.73. The van der Waals surface area contributed by atoms with Crippen LogP contribution in [-0.2, 0) is 21.4 Å². The largest absolute Gasteiger partial charge is 0.484 e. The van der Waals surface area contributed by atoms with Crippen LogP contribution >= 0.6 is 0 Å². The molecule has 7 heteroatoms. The topological polar surface area (TPSA) is 84.5 Å². The third-order valence-corrected chi connectivity index (χ3v) is 6.30. The molecule has 0 bridgehead atoms. The molecule has 3 rings (SSSR count). The van der Waals surface area contributed by atoms with Crippen LogP contribution in [0.25, 0.3) is 0 Å². The van der Waals surface area contributed by atoms with Crippen LogP contribution in [-0.4, -0.2) is 20.9 Å². The van der Waals surface area contributed by atoms with Crippen molar-refractivity contribution in [3.63, 3.8) is 0 Å². The maximum Gasteiger partial charge on any atom is 0.258 e. The van der Waals surface area contributed by atoms with Crippen molar-refractivity contribution in [2.75, 3.05) is 6.61 Å². The minimum atomic E-state index is -3.68. The summed E-state index contributed by atoms with van der Waals surface area (Å²) in [6.45, 7) is 4.07. The number of hydrogen-bond acceptors (Lipinski definition) is 4. The average Bonchev–Trinajstić information content (AvgIpc) is 2.78. The molecule has 31 heavy (non-hydrogen) atoms. The Kier molecular flexibility index (Phi) is 7.44. The molecule has 3 aromatic carbocycles. The summed E-state index contributed by atoms with van der Waals surface area (Å²) in [5.74, 6) is 0.163. The van der Waals surface area contributed by atoms with Crippen molar-refractivity contribution >= 4 is 15.9 Å². The van der Waals surface area contributed by atoms with Crippen molar-refractivity contribution in [3.05, 3.63) is 95.6 Å². The maximum atomic E-state index is 12.6. The normalized spacial score (nSPS) is 12.2. The molecule has 6 nitrogen and oxygen atoms in total. The van der Waals surface area contributed by atoms with Crippen LogP contribution in [0.4, 0.5) is 0 Å². The summed E-state index contributed by atoms with van der Waals surface area (Å²) in [6, 6.07) is 22.9. The van der Waals surface area contributed by atoms with Crippen molar-refractivity contribution in [2.45, 2.75) is 31.3 Å². The monoisotopic (exact) mass is 438 g/mol. The first-order chi connectivity index (χ1) is 14.8. The minimum Gasteiger partial charge on any atom is -0.484 e. The molecule has 0 unspecified atom stereocenters. The minimum absolute atomic E-state index is 0.131. The molecule has 1 amide bonds. The van der Waals surface area contributed by atoms with Gasteiger partial charge in [-0.3, -0.25) is 4.79 Å². The summed E-state index contributed by atoms with van der Waals surface area (Å²) in [6.07, 6.45) is 0. The van der Waals surface area contributed by atoms with Gasteiger partial charge in [0.1, 0.15) is 5.75 Å². The number of benzene rings is 3. The fraction of sp³-hybridized carbons (Fsp3) is 0.208. The molecule has 3 aromatic rings. The van der Waals surface area contributed by atoms with E-state index in [0.29, 0.717) is 12.3 Å². The second-order valence-electron chi connectivity index (χ2n) is 7.28. The number of carbonyl (C=O) groups is 1. The Bertz CT molecular complexity index is 1100. The van der Waals surface area contributed by atoms with Gasteiger partial charge in [0.05, 0.1) is 4.90 Å². The van der Waals surface area contributed by atoms with Gasteiger partial charge in [0, 0.05) is 12.6 Å². The summed E-state index contributed by atoms with van der Waals surface area (Å²) in [5, 5.41) is 2.79. The standard InChI is InChI=1S/C24H26N2O4S/c1-18-8-10-20(11-9-18)16-25-24(27)17-30-22-12-14-23(15-13-22)31(28,29)26-19(2)21-6-4-3-5-7-21/h3-15,19,26H,16-17H2,1-2H3,(H,25,27)/t19-/m0/s1. The lowest BCUT2D eigenvalue weighted by atomic mass is 10.1. The molecule has 0 heterocycles. The zero-order valence-corrected chi connectivity index (χ0v) is 18.4. The number of rotatable bonds is 9. The number of ether oxygens (including phenoxy) is 1.